The molecule has 0 aromatic heterocycles. The van der Waals surface area contributed by atoms with E-state index in [0.717, 1.165) is 24.1 Å². The quantitative estimate of drug-likeness (QED) is 0.644. The maximum absolute atomic E-state index is 12.0. The fourth-order valence-corrected chi connectivity index (χ4v) is 3.43. The molecule has 0 atom stereocenters. The highest BCUT2D eigenvalue weighted by molar-refractivity contribution is 5.98. The molecular formula is C23H25NO2. The summed E-state index contributed by atoms with van der Waals surface area (Å²) >= 11 is 0. The number of methoxy groups -OCH3 is 1. The van der Waals surface area contributed by atoms with E-state index in [1.807, 2.05) is 12.1 Å². The summed E-state index contributed by atoms with van der Waals surface area (Å²) in [6.45, 7) is 3.06. The normalized spacial score (nSPS) is 14.1. The third-order valence-electron chi connectivity index (χ3n) is 4.67. The number of ether oxygens (including phenoxy) is 1. The lowest BCUT2D eigenvalue weighted by atomic mass is 9.88. The van der Waals surface area contributed by atoms with Crippen LogP contribution in [-0.2, 0) is 4.74 Å². The Hall–Kier alpha value is -2.65. The summed E-state index contributed by atoms with van der Waals surface area (Å²) in [4.78, 5) is 14.2. The highest BCUT2D eigenvalue weighted by Crippen LogP contribution is 2.36. The topological polar surface area (TPSA) is 29.5 Å². The smallest absolute Gasteiger partial charge is 0.337 e. The van der Waals surface area contributed by atoms with Crippen molar-refractivity contribution >= 4 is 23.7 Å². The first-order chi connectivity index (χ1) is 12.5. The number of aryl methyl sites for hydroxylation is 1. The molecule has 0 radical (unpaired) electrons. The van der Waals surface area contributed by atoms with Crippen molar-refractivity contribution in [3.05, 3.63) is 75.9 Å². The lowest BCUT2D eigenvalue weighted by molar-refractivity contribution is 0.0600. The summed E-state index contributed by atoms with van der Waals surface area (Å²) in [6.07, 6.45) is 7.51. The van der Waals surface area contributed by atoms with Crippen LogP contribution in [-0.4, -0.2) is 38.6 Å². The number of benzene rings is 2. The number of hydrogen-bond donors (Lipinski definition) is 0. The molecule has 2 aromatic rings. The van der Waals surface area contributed by atoms with Crippen LogP contribution in [0, 0.1) is 6.92 Å². The number of rotatable bonds is 4. The lowest BCUT2D eigenvalue weighted by Gasteiger charge is -2.17. The van der Waals surface area contributed by atoms with Crippen LogP contribution < -0.4 is 0 Å². The molecule has 1 aliphatic carbocycles. The summed E-state index contributed by atoms with van der Waals surface area (Å²) in [5, 5.41) is 0. The van der Waals surface area contributed by atoms with Crippen LogP contribution >= 0.6 is 0 Å². The maximum Gasteiger partial charge on any atom is 0.337 e. The predicted molar refractivity (Wildman–Crippen MR) is 108 cm³/mol. The molecule has 0 heterocycles. The Labute approximate surface area is 155 Å². The molecule has 0 N–H and O–H groups in total. The Bertz CT molecular complexity index is 891. The fraction of sp³-hybridized carbons (Fsp3) is 0.261. The first kappa shape index (κ1) is 18.2. The summed E-state index contributed by atoms with van der Waals surface area (Å²) < 4.78 is 4.91. The van der Waals surface area contributed by atoms with Gasteiger partial charge >= 0.3 is 5.97 Å². The Kier molecular flexibility index (Phi) is 5.38. The van der Waals surface area contributed by atoms with Gasteiger partial charge in [0.2, 0.25) is 0 Å². The number of nitrogens with zero attached hydrogens (tertiary/aromatic N) is 1. The Morgan fingerprint density at radius 1 is 1.12 bits per heavy atom. The van der Waals surface area contributed by atoms with Crippen LogP contribution in [0.5, 0.6) is 0 Å². The average molecular weight is 347 g/mol. The second-order valence-corrected chi connectivity index (χ2v) is 6.88. The van der Waals surface area contributed by atoms with Gasteiger partial charge in [-0.15, -0.1) is 0 Å². The SMILES string of the molecule is COC(=O)c1cc(C)c2c(c1)C=Cc1ccccc1/C2=C\CCN(C)C. The number of fused-ring (bicyclic) bond motifs is 2. The molecule has 0 spiro atoms. The molecule has 0 saturated heterocycles. The van der Waals surface area contributed by atoms with Gasteiger partial charge in [0, 0.05) is 6.54 Å². The average Bonchev–Trinajstić information content (AvgIpc) is 2.78. The Morgan fingerprint density at radius 2 is 1.85 bits per heavy atom. The summed E-state index contributed by atoms with van der Waals surface area (Å²) in [7, 11) is 5.59. The zero-order valence-corrected chi connectivity index (χ0v) is 15.9. The van der Waals surface area contributed by atoms with Crippen molar-refractivity contribution in [2.45, 2.75) is 13.3 Å². The third-order valence-corrected chi connectivity index (χ3v) is 4.67. The van der Waals surface area contributed by atoms with E-state index in [1.54, 1.807) is 0 Å². The van der Waals surface area contributed by atoms with E-state index >= 15 is 0 Å². The van der Waals surface area contributed by atoms with Gasteiger partial charge in [0.05, 0.1) is 12.7 Å². The van der Waals surface area contributed by atoms with Crippen LogP contribution in [0.4, 0.5) is 0 Å². The minimum atomic E-state index is -0.302. The van der Waals surface area contributed by atoms with E-state index in [0.29, 0.717) is 5.56 Å². The van der Waals surface area contributed by atoms with Crippen molar-refractivity contribution in [3.63, 3.8) is 0 Å². The van der Waals surface area contributed by atoms with Gasteiger partial charge in [-0.25, -0.2) is 4.79 Å². The minimum absolute atomic E-state index is 0.302. The van der Waals surface area contributed by atoms with E-state index in [1.165, 1.54) is 29.4 Å². The minimum Gasteiger partial charge on any atom is -0.465 e. The predicted octanol–water partition coefficient (Wildman–Crippen LogP) is 4.65. The molecule has 0 unspecified atom stereocenters. The fourth-order valence-electron chi connectivity index (χ4n) is 3.43. The van der Waals surface area contributed by atoms with Gasteiger partial charge < -0.3 is 9.64 Å². The molecule has 3 nitrogen and oxygen atoms in total. The van der Waals surface area contributed by atoms with Gasteiger partial charge in [-0.05, 0) is 73.0 Å². The molecule has 134 valence electrons. The number of carbonyl (C=O) groups excluding carboxylic acids is 1. The second-order valence-electron chi connectivity index (χ2n) is 6.88. The van der Waals surface area contributed by atoms with Crippen molar-refractivity contribution in [2.75, 3.05) is 27.7 Å². The molecule has 0 saturated carbocycles. The van der Waals surface area contributed by atoms with Gasteiger partial charge in [-0.3, -0.25) is 0 Å². The summed E-state index contributed by atoms with van der Waals surface area (Å²) in [5.41, 5.74) is 7.58. The van der Waals surface area contributed by atoms with Gasteiger partial charge in [-0.1, -0.05) is 42.5 Å². The molecule has 2 aromatic carbocycles. The van der Waals surface area contributed by atoms with Crippen LogP contribution in [0.2, 0.25) is 0 Å². The molecular weight excluding hydrogens is 322 g/mol. The number of esters is 1. The molecule has 0 bridgehead atoms. The summed E-state index contributed by atoms with van der Waals surface area (Å²) in [6, 6.07) is 12.3. The van der Waals surface area contributed by atoms with Gasteiger partial charge in [0.1, 0.15) is 0 Å². The van der Waals surface area contributed by atoms with Crippen molar-refractivity contribution in [1.82, 2.24) is 4.90 Å². The third kappa shape index (κ3) is 3.63. The monoisotopic (exact) mass is 347 g/mol. The number of hydrogen-bond acceptors (Lipinski definition) is 3. The molecule has 3 heteroatoms. The zero-order valence-electron chi connectivity index (χ0n) is 15.9. The first-order valence-corrected chi connectivity index (χ1v) is 8.87. The Balaban J connectivity index is 2.18. The largest absolute Gasteiger partial charge is 0.465 e. The summed E-state index contributed by atoms with van der Waals surface area (Å²) in [5.74, 6) is -0.302. The van der Waals surface area contributed by atoms with Gasteiger partial charge in [0.25, 0.3) is 0 Å². The van der Waals surface area contributed by atoms with Crippen molar-refractivity contribution in [3.8, 4) is 0 Å². The van der Waals surface area contributed by atoms with Crippen molar-refractivity contribution < 1.29 is 9.53 Å². The van der Waals surface area contributed by atoms with Crippen LogP contribution in [0.1, 0.15) is 44.6 Å². The van der Waals surface area contributed by atoms with Crippen LogP contribution in [0.25, 0.3) is 17.7 Å². The van der Waals surface area contributed by atoms with Crippen LogP contribution in [0.15, 0.2) is 42.5 Å². The van der Waals surface area contributed by atoms with Gasteiger partial charge in [0.15, 0.2) is 0 Å². The maximum atomic E-state index is 12.0. The van der Waals surface area contributed by atoms with E-state index in [9.17, 15) is 4.79 Å². The van der Waals surface area contributed by atoms with E-state index in [2.05, 4.69) is 68.4 Å². The van der Waals surface area contributed by atoms with Crippen molar-refractivity contribution in [1.29, 1.82) is 0 Å². The highest BCUT2D eigenvalue weighted by Gasteiger charge is 2.19. The van der Waals surface area contributed by atoms with E-state index in [-0.39, 0.29) is 5.97 Å². The molecule has 3 rings (SSSR count). The standard InChI is InChI=1S/C23H25NO2/c1-16-14-19(23(25)26-4)15-18-12-11-17-8-5-6-9-20(17)21(22(16)18)10-7-13-24(2)3/h5-6,8-12,14-15H,7,13H2,1-4H3/b21-10+. The lowest BCUT2D eigenvalue weighted by Crippen LogP contribution is -2.12. The number of carbonyl (C=O) groups is 1. The van der Waals surface area contributed by atoms with Crippen LogP contribution in [0.3, 0.4) is 0 Å². The molecule has 0 amide bonds. The molecule has 1 aliphatic rings. The molecule has 0 fully saturated rings. The first-order valence-electron chi connectivity index (χ1n) is 8.87. The molecule has 0 aliphatic heterocycles. The van der Waals surface area contributed by atoms with E-state index < -0.39 is 0 Å². The Morgan fingerprint density at radius 3 is 2.58 bits per heavy atom. The second kappa shape index (κ2) is 7.71. The zero-order chi connectivity index (χ0) is 18.7. The highest BCUT2D eigenvalue weighted by atomic mass is 16.5. The molecule has 26 heavy (non-hydrogen) atoms. The van der Waals surface area contributed by atoms with E-state index in [4.69, 9.17) is 4.74 Å². The van der Waals surface area contributed by atoms with Gasteiger partial charge in [-0.2, -0.15) is 0 Å². The van der Waals surface area contributed by atoms with Crippen molar-refractivity contribution in [2.24, 2.45) is 0 Å².